The molecule has 0 saturated carbocycles. The monoisotopic (exact) mass is 232 g/mol. The third-order valence-corrected chi connectivity index (χ3v) is 3.13. The highest BCUT2D eigenvalue weighted by Crippen LogP contribution is 2.14. The Labute approximate surface area is 99.3 Å². The molecule has 6 nitrogen and oxygen atoms in total. The summed E-state index contributed by atoms with van der Waals surface area (Å²) in [6.07, 6.45) is 6.76. The van der Waals surface area contributed by atoms with Crippen molar-refractivity contribution in [3.63, 3.8) is 0 Å². The minimum atomic E-state index is 0.605. The molecule has 0 aliphatic carbocycles. The van der Waals surface area contributed by atoms with Crippen LogP contribution in [-0.2, 0) is 6.42 Å². The van der Waals surface area contributed by atoms with Gasteiger partial charge in [0.05, 0.1) is 18.1 Å². The predicted molar refractivity (Wildman–Crippen MR) is 64.5 cm³/mol. The van der Waals surface area contributed by atoms with E-state index in [1.807, 2.05) is 0 Å². The molecule has 0 radical (unpaired) electrons. The molecule has 1 atom stereocenters. The van der Waals surface area contributed by atoms with Crippen LogP contribution < -0.4 is 11.1 Å². The van der Waals surface area contributed by atoms with Gasteiger partial charge in [-0.1, -0.05) is 0 Å². The molecule has 1 saturated heterocycles. The molecule has 0 spiro atoms. The molecule has 1 aliphatic rings. The normalized spacial score (nSPS) is 20.8. The quantitative estimate of drug-likeness (QED) is 0.775. The third kappa shape index (κ3) is 2.21. The third-order valence-electron chi connectivity index (χ3n) is 3.13. The maximum absolute atomic E-state index is 5.66. The van der Waals surface area contributed by atoms with Gasteiger partial charge in [-0.3, -0.25) is 0 Å². The van der Waals surface area contributed by atoms with E-state index in [-0.39, 0.29) is 0 Å². The number of nitrogens with one attached hydrogen (secondary N) is 1. The molecule has 2 aromatic heterocycles. The average Bonchev–Trinajstić information content (AvgIpc) is 2.71. The summed E-state index contributed by atoms with van der Waals surface area (Å²) in [6, 6.07) is 0. The molecule has 17 heavy (non-hydrogen) atoms. The van der Waals surface area contributed by atoms with Crippen LogP contribution in [0, 0.1) is 5.92 Å². The average molecular weight is 232 g/mol. The first-order valence-corrected chi connectivity index (χ1v) is 5.99. The Morgan fingerprint density at radius 2 is 2.47 bits per heavy atom. The molecule has 2 aromatic rings. The van der Waals surface area contributed by atoms with E-state index < -0.39 is 0 Å². The standard InChI is InChI=1S/C11H16N6/c12-9-6-14-11-15-10(16-17(11)7-9)4-8-2-1-3-13-5-8/h6-8,13H,1-5,12H2. The van der Waals surface area contributed by atoms with Crippen molar-refractivity contribution in [2.75, 3.05) is 18.8 Å². The summed E-state index contributed by atoms with van der Waals surface area (Å²) in [4.78, 5) is 8.55. The van der Waals surface area contributed by atoms with Crippen molar-refractivity contribution in [2.24, 2.45) is 5.92 Å². The minimum absolute atomic E-state index is 0.605. The number of nitrogens with two attached hydrogens (primary N) is 1. The SMILES string of the molecule is Nc1cnc2nc(CC3CCCNC3)nn2c1. The first kappa shape index (κ1) is 10.5. The molecule has 1 fully saturated rings. The van der Waals surface area contributed by atoms with Gasteiger partial charge in [0.15, 0.2) is 5.82 Å². The number of piperidine rings is 1. The number of fused-ring (bicyclic) bond motifs is 1. The van der Waals surface area contributed by atoms with Gasteiger partial charge in [-0.05, 0) is 31.8 Å². The molecule has 3 rings (SSSR count). The second-order valence-corrected chi connectivity index (χ2v) is 4.58. The fourth-order valence-corrected chi connectivity index (χ4v) is 2.28. The number of nitrogen functional groups attached to an aromatic ring is 1. The molecular weight excluding hydrogens is 216 g/mol. The van der Waals surface area contributed by atoms with Crippen LogP contribution in [0.5, 0.6) is 0 Å². The van der Waals surface area contributed by atoms with E-state index in [1.165, 1.54) is 12.8 Å². The van der Waals surface area contributed by atoms with E-state index >= 15 is 0 Å². The number of nitrogens with zero attached hydrogens (tertiary/aromatic N) is 4. The van der Waals surface area contributed by atoms with E-state index in [9.17, 15) is 0 Å². The first-order valence-electron chi connectivity index (χ1n) is 5.99. The van der Waals surface area contributed by atoms with Gasteiger partial charge in [-0.25, -0.2) is 9.50 Å². The lowest BCUT2D eigenvalue weighted by atomic mass is 9.96. The minimum Gasteiger partial charge on any atom is -0.396 e. The summed E-state index contributed by atoms with van der Waals surface area (Å²) >= 11 is 0. The number of anilines is 1. The largest absolute Gasteiger partial charge is 0.396 e. The van der Waals surface area contributed by atoms with Crippen molar-refractivity contribution in [3.8, 4) is 0 Å². The molecule has 0 bridgehead atoms. The summed E-state index contributed by atoms with van der Waals surface area (Å²) in [6.45, 7) is 2.19. The molecule has 3 heterocycles. The summed E-state index contributed by atoms with van der Waals surface area (Å²) < 4.78 is 1.65. The fourth-order valence-electron chi connectivity index (χ4n) is 2.28. The Morgan fingerprint density at radius 3 is 3.29 bits per heavy atom. The van der Waals surface area contributed by atoms with Crippen LogP contribution in [0.4, 0.5) is 5.69 Å². The lowest BCUT2D eigenvalue weighted by molar-refractivity contribution is 0.371. The van der Waals surface area contributed by atoms with E-state index in [0.717, 1.165) is 25.3 Å². The highest BCUT2D eigenvalue weighted by molar-refractivity contribution is 5.38. The molecule has 1 unspecified atom stereocenters. The zero-order valence-corrected chi connectivity index (χ0v) is 9.63. The zero-order chi connectivity index (χ0) is 11.7. The van der Waals surface area contributed by atoms with Crippen molar-refractivity contribution in [1.82, 2.24) is 24.9 Å². The van der Waals surface area contributed by atoms with E-state index in [2.05, 4.69) is 20.4 Å². The summed E-state index contributed by atoms with van der Waals surface area (Å²) in [5.41, 5.74) is 6.26. The van der Waals surface area contributed by atoms with Gasteiger partial charge in [-0.15, -0.1) is 5.10 Å². The van der Waals surface area contributed by atoms with Gasteiger partial charge in [-0.2, -0.15) is 4.98 Å². The Balaban J connectivity index is 1.80. The predicted octanol–water partition coefficient (Wildman–Crippen LogP) is 0.249. The van der Waals surface area contributed by atoms with Gasteiger partial charge in [0, 0.05) is 6.42 Å². The van der Waals surface area contributed by atoms with E-state index in [0.29, 0.717) is 17.4 Å². The smallest absolute Gasteiger partial charge is 0.252 e. The first-order chi connectivity index (χ1) is 8.31. The number of hydrogen-bond acceptors (Lipinski definition) is 5. The molecule has 6 heteroatoms. The summed E-state index contributed by atoms with van der Waals surface area (Å²) in [5, 5.41) is 7.80. The van der Waals surface area contributed by atoms with Crippen LogP contribution in [0.1, 0.15) is 18.7 Å². The molecule has 0 aromatic carbocycles. The molecule has 1 aliphatic heterocycles. The topological polar surface area (TPSA) is 81.1 Å². The van der Waals surface area contributed by atoms with Crippen LogP contribution in [0.25, 0.3) is 5.78 Å². The van der Waals surface area contributed by atoms with Gasteiger partial charge >= 0.3 is 0 Å². The van der Waals surface area contributed by atoms with Gasteiger partial charge < -0.3 is 11.1 Å². The van der Waals surface area contributed by atoms with Crippen LogP contribution in [-0.4, -0.2) is 32.7 Å². The highest BCUT2D eigenvalue weighted by Gasteiger charge is 2.16. The van der Waals surface area contributed by atoms with Crippen LogP contribution >= 0.6 is 0 Å². The van der Waals surface area contributed by atoms with Gasteiger partial charge in [0.25, 0.3) is 5.78 Å². The second kappa shape index (κ2) is 4.29. The number of rotatable bonds is 2. The van der Waals surface area contributed by atoms with E-state index in [1.54, 1.807) is 16.9 Å². The Morgan fingerprint density at radius 1 is 1.53 bits per heavy atom. The summed E-state index contributed by atoms with van der Waals surface area (Å²) in [5.74, 6) is 2.12. The maximum Gasteiger partial charge on any atom is 0.252 e. The van der Waals surface area contributed by atoms with Crippen molar-refractivity contribution in [2.45, 2.75) is 19.3 Å². The fraction of sp³-hybridized carbons (Fsp3) is 0.545. The van der Waals surface area contributed by atoms with Gasteiger partial charge in [0.1, 0.15) is 0 Å². The Hall–Kier alpha value is -1.69. The van der Waals surface area contributed by atoms with Gasteiger partial charge in [0.2, 0.25) is 0 Å². The maximum atomic E-state index is 5.66. The van der Waals surface area contributed by atoms with Crippen molar-refractivity contribution >= 4 is 11.5 Å². The van der Waals surface area contributed by atoms with Crippen LogP contribution in [0.3, 0.4) is 0 Å². The van der Waals surface area contributed by atoms with Crippen molar-refractivity contribution in [3.05, 3.63) is 18.2 Å². The molecular formula is C11H16N6. The van der Waals surface area contributed by atoms with Crippen molar-refractivity contribution in [1.29, 1.82) is 0 Å². The van der Waals surface area contributed by atoms with Crippen molar-refractivity contribution < 1.29 is 0 Å². The van der Waals surface area contributed by atoms with E-state index in [4.69, 9.17) is 5.73 Å². The lowest BCUT2D eigenvalue weighted by Crippen LogP contribution is -2.31. The summed E-state index contributed by atoms with van der Waals surface area (Å²) in [7, 11) is 0. The zero-order valence-electron chi connectivity index (χ0n) is 9.63. The highest BCUT2D eigenvalue weighted by atomic mass is 15.3. The Bertz CT molecular complexity index is 514. The molecule has 90 valence electrons. The number of hydrogen-bond donors (Lipinski definition) is 2. The Kier molecular flexibility index (Phi) is 2.64. The van der Waals surface area contributed by atoms with Crippen LogP contribution in [0.2, 0.25) is 0 Å². The second-order valence-electron chi connectivity index (χ2n) is 4.58. The number of aromatic nitrogens is 4. The lowest BCUT2D eigenvalue weighted by Gasteiger charge is -2.21. The van der Waals surface area contributed by atoms with Crippen LogP contribution in [0.15, 0.2) is 12.4 Å². The molecule has 0 amide bonds. The molecule has 3 N–H and O–H groups in total.